The summed E-state index contributed by atoms with van der Waals surface area (Å²) < 4.78 is 12.9. The number of nitrogens with zero attached hydrogens (tertiary/aromatic N) is 1. The lowest BCUT2D eigenvalue weighted by atomic mass is 9.81. The van der Waals surface area contributed by atoms with Crippen molar-refractivity contribution in [1.29, 1.82) is 0 Å². The molecular weight excluding hydrogens is 348 g/mol. The molecule has 1 N–H and O–H groups in total. The van der Waals surface area contributed by atoms with Crippen molar-refractivity contribution in [3.63, 3.8) is 0 Å². The number of hydrogen-bond acceptors (Lipinski definition) is 3. The molecule has 0 aromatic heterocycles. The van der Waals surface area contributed by atoms with Crippen molar-refractivity contribution < 1.29 is 14.0 Å². The second-order valence-corrected chi connectivity index (χ2v) is 6.63. The average molecular weight is 374 g/mol. The van der Waals surface area contributed by atoms with E-state index in [0.29, 0.717) is 0 Å². The number of allylic oxidation sites excluding steroid dienone is 1. The molecule has 26 heavy (non-hydrogen) atoms. The van der Waals surface area contributed by atoms with Gasteiger partial charge in [0, 0.05) is 30.0 Å². The number of anilines is 1. The summed E-state index contributed by atoms with van der Waals surface area (Å²) in [6.45, 7) is 4.51. The maximum absolute atomic E-state index is 5.43. The number of hydrogen-bond donors (Lipinski definition) is 1. The molecule has 3 rings (SSSR count). The van der Waals surface area contributed by atoms with Gasteiger partial charge in [0.25, 0.3) is 0 Å². The molecule has 4 nitrogen and oxygen atoms in total. The van der Waals surface area contributed by atoms with Gasteiger partial charge in [0.2, 0.25) is 5.69 Å². The Hall–Kier alpha value is -2.46. The molecule has 0 saturated carbocycles. The van der Waals surface area contributed by atoms with Crippen LogP contribution >= 0.6 is 12.4 Å². The highest BCUT2D eigenvalue weighted by Crippen LogP contribution is 2.39. The van der Waals surface area contributed by atoms with E-state index in [0.717, 1.165) is 17.2 Å². The molecule has 5 heteroatoms. The van der Waals surface area contributed by atoms with Crippen molar-refractivity contribution in [2.75, 3.05) is 26.6 Å². The van der Waals surface area contributed by atoms with Gasteiger partial charge >= 0.3 is 0 Å². The van der Waals surface area contributed by atoms with E-state index in [-0.39, 0.29) is 17.8 Å². The van der Waals surface area contributed by atoms with Crippen LogP contribution in [0.2, 0.25) is 0 Å². The Morgan fingerprint density at radius 1 is 1.04 bits per heavy atom. The second kappa shape index (κ2) is 7.83. The summed E-state index contributed by atoms with van der Waals surface area (Å²) in [4.78, 5) is 0. The van der Waals surface area contributed by atoms with Crippen molar-refractivity contribution in [3.8, 4) is 11.5 Å². The molecule has 2 aromatic carbocycles. The summed E-state index contributed by atoms with van der Waals surface area (Å²) in [5, 5.41) is 3.32. The Balaban J connectivity index is 0.00000243. The number of methoxy groups -OCH3 is 2. The fourth-order valence-corrected chi connectivity index (χ4v) is 3.43. The third kappa shape index (κ3) is 3.42. The number of fused-ring (bicyclic) bond motifs is 1. The topological polar surface area (TPSA) is 33.5 Å². The minimum Gasteiger partial charge on any atom is -0.497 e. The number of benzene rings is 2. The number of halogens is 1. The summed E-state index contributed by atoms with van der Waals surface area (Å²) in [7, 11) is 5.41. The first-order valence-corrected chi connectivity index (χ1v) is 8.35. The van der Waals surface area contributed by atoms with Crippen LogP contribution in [-0.4, -0.2) is 31.6 Å². The van der Waals surface area contributed by atoms with E-state index in [4.69, 9.17) is 9.47 Å². The van der Waals surface area contributed by atoms with Gasteiger partial charge in [0.1, 0.15) is 18.5 Å². The predicted molar refractivity (Wildman–Crippen MR) is 110 cm³/mol. The lowest BCUT2D eigenvalue weighted by Gasteiger charge is -2.15. The molecule has 1 aliphatic rings. The summed E-state index contributed by atoms with van der Waals surface area (Å²) >= 11 is 0. The van der Waals surface area contributed by atoms with Crippen molar-refractivity contribution in [2.45, 2.75) is 19.3 Å². The molecule has 2 aromatic rings. The Labute approximate surface area is 161 Å². The first-order valence-electron chi connectivity index (χ1n) is 8.35. The third-order valence-corrected chi connectivity index (χ3v) is 4.83. The van der Waals surface area contributed by atoms with E-state index in [9.17, 15) is 0 Å². The monoisotopic (exact) mass is 373 g/mol. The van der Waals surface area contributed by atoms with Crippen LogP contribution in [0, 0.1) is 0 Å². The maximum Gasteiger partial charge on any atom is 0.209 e. The van der Waals surface area contributed by atoms with Crippen molar-refractivity contribution in [3.05, 3.63) is 60.3 Å². The lowest BCUT2D eigenvalue weighted by Crippen LogP contribution is -2.26. The van der Waals surface area contributed by atoms with Gasteiger partial charge in [0.05, 0.1) is 25.3 Å². The highest BCUT2D eigenvalue weighted by molar-refractivity contribution is 6.03. The van der Waals surface area contributed by atoms with Crippen molar-refractivity contribution in [2.24, 2.45) is 0 Å². The fourth-order valence-electron chi connectivity index (χ4n) is 3.43. The van der Waals surface area contributed by atoms with Gasteiger partial charge in [-0.2, -0.15) is 4.58 Å². The minimum atomic E-state index is -0.0342. The summed E-state index contributed by atoms with van der Waals surface area (Å²) in [5.41, 5.74) is 4.71. The van der Waals surface area contributed by atoms with Gasteiger partial charge in [-0.1, -0.05) is 18.2 Å². The molecule has 1 heterocycles. The van der Waals surface area contributed by atoms with E-state index >= 15 is 0 Å². The van der Waals surface area contributed by atoms with E-state index in [1.54, 1.807) is 14.2 Å². The van der Waals surface area contributed by atoms with Gasteiger partial charge in [0.15, 0.2) is 5.71 Å². The third-order valence-electron chi connectivity index (χ3n) is 4.83. The number of nitrogens with one attached hydrogen (secondary N) is 1. The van der Waals surface area contributed by atoms with E-state index in [2.05, 4.69) is 61.1 Å². The van der Waals surface area contributed by atoms with Gasteiger partial charge in [-0.3, -0.25) is 0 Å². The van der Waals surface area contributed by atoms with Crippen LogP contribution in [0.3, 0.4) is 0 Å². The first kappa shape index (κ1) is 19.9. The number of ether oxygens (including phenoxy) is 2. The zero-order valence-corrected chi connectivity index (χ0v) is 16.7. The van der Waals surface area contributed by atoms with Crippen LogP contribution < -0.4 is 14.8 Å². The summed E-state index contributed by atoms with van der Waals surface area (Å²) in [6.07, 6.45) is 4.09. The molecular formula is C21H26ClN2O2+. The maximum atomic E-state index is 5.43. The zero-order chi connectivity index (χ0) is 18.0. The van der Waals surface area contributed by atoms with Crippen LogP contribution in [0.4, 0.5) is 11.4 Å². The Bertz CT molecular complexity index is 857. The summed E-state index contributed by atoms with van der Waals surface area (Å²) in [6, 6.07) is 14.3. The smallest absolute Gasteiger partial charge is 0.209 e. The van der Waals surface area contributed by atoms with Crippen LogP contribution in [0.1, 0.15) is 19.4 Å². The predicted octanol–water partition coefficient (Wildman–Crippen LogP) is 4.76. The zero-order valence-electron chi connectivity index (χ0n) is 15.9. The molecule has 0 aliphatic carbocycles. The Morgan fingerprint density at radius 2 is 1.77 bits per heavy atom. The normalized spacial score (nSPS) is 14.8. The van der Waals surface area contributed by atoms with Gasteiger partial charge in [-0.25, -0.2) is 0 Å². The van der Waals surface area contributed by atoms with E-state index in [1.165, 1.54) is 17.0 Å². The molecule has 0 saturated heterocycles. The van der Waals surface area contributed by atoms with Gasteiger partial charge in [-0.05, 0) is 26.0 Å². The van der Waals surface area contributed by atoms with Crippen molar-refractivity contribution in [1.82, 2.24) is 0 Å². The quantitative estimate of drug-likeness (QED) is 0.767. The van der Waals surface area contributed by atoms with Crippen LogP contribution in [0.15, 0.2) is 54.7 Å². The Kier molecular flexibility index (Phi) is 5.98. The highest BCUT2D eigenvalue weighted by atomic mass is 35.5. The molecule has 1 aliphatic heterocycles. The average Bonchev–Trinajstić information content (AvgIpc) is 2.82. The molecule has 0 amide bonds. The summed E-state index contributed by atoms with van der Waals surface area (Å²) in [5.74, 6) is 1.52. The first-order chi connectivity index (χ1) is 12.0. The molecule has 0 spiro atoms. The van der Waals surface area contributed by atoms with E-state index in [1.807, 2.05) is 24.4 Å². The molecule has 0 bridgehead atoms. The van der Waals surface area contributed by atoms with Gasteiger partial charge < -0.3 is 14.8 Å². The number of para-hydroxylation sites is 1. The van der Waals surface area contributed by atoms with Gasteiger partial charge in [-0.15, -0.1) is 12.4 Å². The molecule has 0 unspecified atom stereocenters. The molecule has 0 atom stereocenters. The van der Waals surface area contributed by atoms with Crippen LogP contribution in [0.25, 0.3) is 0 Å². The van der Waals surface area contributed by atoms with E-state index < -0.39 is 0 Å². The van der Waals surface area contributed by atoms with Crippen molar-refractivity contribution >= 4 is 29.5 Å². The number of rotatable bonds is 5. The molecule has 138 valence electrons. The molecule has 0 fully saturated rings. The standard InChI is InChI=1S/C21H24N2O2.ClH/c1-21(2)16-8-6-7-9-18(16)23(3)20(21)12-13-22-17-11-10-15(24-4)14-19(17)25-5;/h6-14H,1-5H3;1H/p+1. The minimum absolute atomic E-state index is 0. The second-order valence-electron chi connectivity index (χ2n) is 6.63. The largest absolute Gasteiger partial charge is 0.497 e. The SMILES string of the molecule is COc1ccc(N/C=C/C2=[N+](C)c3ccccc3C2(C)C)c(OC)c1.Cl. The van der Waals surface area contributed by atoms with Crippen LogP contribution in [-0.2, 0) is 5.41 Å². The fraction of sp³-hybridized carbons (Fsp3) is 0.286. The highest BCUT2D eigenvalue weighted by Gasteiger charge is 2.42. The lowest BCUT2D eigenvalue weighted by molar-refractivity contribution is -0.401. The molecule has 0 radical (unpaired) electrons. The van der Waals surface area contributed by atoms with Crippen LogP contribution in [0.5, 0.6) is 11.5 Å². The Morgan fingerprint density at radius 3 is 2.42 bits per heavy atom.